The Balaban J connectivity index is 1.12. The maximum absolute atomic E-state index is 6.62. The van der Waals surface area contributed by atoms with Gasteiger partial charge in [-0.3, -0.25) is 0 Å². The second kappa shape index (κ2) is 26.8. The van der Waals surface area contributed by atoms with Gasteiger partial charge in [0.1, 0.15) is 17.2 Å². The topological polar surface area (TPSA) is 63.8 Å². The van der Waals surface area contributed by atoms with Gasteiger partial charge >= 0.3 is 0 Å². The summed E-state index contributed by atoms with van der Waals surface area (Å²) in [6.45, 7) is 5.40. The Morgan fingerprint density at radius 3 is 1.46 bits per heavy atom. The molecule has 0 fully saturated rings. The van der Waals surface area contributed by atoms with Crippen LogP contribution in [0.15, 0.2) is 113 Å². The summed E-state index contributed by atoms with van der Waals surface area (Å²) in [4.78, 5) is 2.32. The van der Waals surface area contributed by atoms with Crippen molar-refractivity contribution in [2.75, 3.05) is 36.8 Å². The van der Waals surface area contributed by atoms with Crippen LogP contribution in [0.4, 0.5) is 34.1 Å². The Morgan fingerprint density at radius 1 is 0.476 bits per heavy atom. The van der Waals surface area contributed by atoms with Crippen molar-refractivity contribution < 1.29 is 14.2 Å². The predicted octanol–water partition coefficient (Wildman–Crippen LogP) is 17.9. The van der Waals surface area contributed by atoms with Crippen LogP contribution in [0.25, 0.3) is 11.1 Å². The van der Waals surface area contributed by atoms with Crippen molar-refractivity contribution in [2.24, 2.45) is 5.92 Å². The van der Waals surface area contributed by atoms with Crippen LogP contribution in [0.1, 0.15) is 142 Å². The van der Waals surface area contributed by atoms with E-state index in [2.05, 4.69) is 96.5 Å². The van der Waals surface area contributed by atoms with E-state index in [1.165, 1.54) is 128 Å². The molecule has 6 nitrogen and oxygen atoms in total. The summed E-state index contributed by atoms with van der Waals surface area (Å²) in [5, 5.41) is 11.0. The zero-order valence-electron chi connectivity index (χ0n) is 38.9. The smallest absolute Gasteiger partial charge is 0.119 e. The standard InChI is InChI=1S/C56H75N3O3S/c1-5-7-9-11-13-15-16-18-20-22-24-43(23-21-19-17-14-12-10-8-6-2)42-62-51-32-25-44(26-33-51)52-39-48(58-46-29-36-50(61-4)37-30-46)41-55-56(52)59-53-38-31-47(40-54(53)63-55)57-45-27-34-49(60-3)35-28-45/h25-41,43,57-59H,5-24,42H2,1-4H3. The Labute approximate surface area is 384 Å². The minimum absolute atomic E-state index is 0.611. The summed E-state index contributed by atoms with van der Waals surface area (Å²) in [6, 6.07) is 35.9. The molecule has 5 aromatic rings. The fourth-order valence-corrected chi connectivity index (χ4v) is 9.69. The fraction of sp³-hybridized carbons (Fsp3) is 0.464. The van der Waals surface area contributed by atoms with E-state index < -0.39 is 0 Å². The van der Waals surface area contributed by atoms with Gasteiger partial charge < -0.3 is 30.2 Å². The molecule has 0 spiro atoms. The molecule has 1 aliphatic heterocycles. The first-order valence-corrected chi connectivity index (χ1v) is 25.2. The molecule has 5 aromatic carbocycles. The van der Waals surface area contributed by atoms with Gasteiger partial charge in [-0.2, -0.15) is 0 Å². The van der Waals surface area contributed by atoms with Gasteiger partial charge in [0.15, 0.2) is 0 Å². The zero-order chi connectivity index (χ0) is 43.9. The molecule has 63 heavy (non-hydrogen) atoms. The lowest BCUT2D eigenvalue weighted by molar-refractivity contribution is 0.224. The fourth-order valence-electron chi connectivity index (χ4n) is 8.59. The molecule has 0 aliphatic carbocycles. The summed E-state index contributed by atoms with van der Waals surface area (Å²) in [6.07, 6.45) is 27.3. The van der Waals surface area contributed by atoms with E-state index in [0.29, 0.717) is 5.92 Å². The van der Waals surface area contributed by atoms with Crippen LogP contribution in [0.5, 0.6) is 17.2 Å². The number of nitrogens with one attached hydrogen (secondary N) is 3. The van der Waals surface area contributed by atoms with Crippen molar-refractivity contribution >= 4 is 45.9 Å². The predicted molar refractivity (Wildman–Crippen MR) is 271 cm³/mol. The maximum Gasteiger partial charge on any atom is 0.119 e. The Kier molecular flexibility index (Phi) is 20.3. The molecule has 0 bridgehead atoms. The SMILES string of the molecule is CCCCCCCCCCCCC(CCCCCCCCCC)COc1ccc(-c2cc(Nc3ccc(OC)cc3)cc3c2Nc2ccc(Nc4ccc(OC)cc4)cc2S3)cc1. The van der Waals surface area contributed by atoms with Gasteiger partial charge in [-0.05, 0) is 115 Å². The molecule has 0 saturated heterocycles. The van der Waals surface area contributed by atoms with Gasteiger partial charge in [0.05, 0.1) is 32.2 Å². The molecule has 1 aliphatic rings. The van der Waals surface area contributed by atoms with Gasteiger partial charge in [-0.25, -0.2) is 0 Å². The summed E-state index contributed by atoms with van der Waals surface area (Å²) in [7, 11) is 3.39. The molecule has 1 atom stereocenters. The number of fused-ring (bicyclic) bond motifs is 2. The lowest BCUT2D eigenvalue weighted by Crippen LogP contribution is -2.12. The molecule has 0 aromatic heterocycles. The van der Waals surface area contributed by atoms with Crippen LogP contribution < -0.4 is 30.2 Å². The highest BCUT2D eigenvalue weighted by molar-refractivity contribution is 7.99. The third-order valence-electron chi connectivity index (χ3n) is 12.4. The third-order valence-corrected chi connectivity index (χ3v) is 13.5. The minimum atomic E-state index is 0.611. The van der Waals surface area contributed by atoms with Crippen molar-refractivity contribution in [1.29, 1.82) is 0 Å². The normalized spacial score (nSPS) is 12.2. The van der Waals surface area contributed by atoms with Crippen LogP contribution in [0, 0.1) is 5.92 Å². The quantitative estimate of drug-likeness (QED) is 0.0390. The number of methoxy groups -OCH3 is 2. The van der Waals surface area contributed by atoms with Crippen molar-refractivity contribution in [3.8, 4) is 28.4 Å². The second-order valence-corrected chi connectivity index (χ2v) is 18.6. The molecule has 0 saturated carbocycles. The van der Waals surface area contributed by atoms with E-state index in [4.69, 9.17) is 14.2 Å². The third kappa shape index (κ3) is 15.8. The number of rotatable bonds is 30. The van der Waals surface area contributed by atoms with Crippen molar-refractivity contribution in [3.05, 3.63) is 103 Å². The first-order valence-electron chi connectivity index (χ1n) is 24.4. The Morgan fingerprint density at radius 2 is 0.937 bits per heavy atom. The molecule has 0 radical (unpaired) electrons. The lowest BCUT2D eigenvalue weighted by Gasteiger charge is -2.26. The minimum Gasteiger partial charge on any atom is -0.497 e. The van der Waals surface area contributed by atoms with Gasteiger partial charge in [0.2, 0.25) is 0 Å². The second-order valence-electron chi connectivity index (χ2n) is 17.5. The largest absolute Gasteiger partial charge is 0.497 e. The average molecular weight is 870 g/mol. The number of anilines is 6. The monoisotopic (exact) mass is 870 g/mol. The van der Waals surface area contributed by atoms with Crippen LogP contribution in [-0.2, 0) is 0 Å². The molecule has 6 rings (SSSR count). The van der Waals surface area contributed by atoms with Crippen molar-refractivity contribution in [1.82, 2.24) is 0 Å². The van der Waals surface area contributed by atoms with E-state index in [-0.39, 0.29) is 0 Å². The highest BCUT2D eigenvalue weighted by Crippen LogP contribution is 2.50. The number of benzene rings is 5. The highest BCUT2D eigenvalue weighted by Gasteiger charge is 2.22. The molecular formula is C56H75N3O3S. The first-order chi connectivity index (χ1) is 31.0. The zero-order valence-corrected chi connectivity index (χ0v) is 39.7. The summed E-state index contributed by atoms with van der Waals surface area (Å²) in [5.74, 6) is 3.24. The summed E-state index contributed by atoms with van der Waals surface area (Å²) >= 11 is 1.79. The van der Waals surface area contributed by atoms with E-state index >= 15 is 0 Å². The number of unbranched alkanes of at least 4 members (excludes halogenated alkanes) is 16. The average Bonchev–Trinajstić information content (AvgIpc) is 3.31. The van der Waals surface area contributed by atoms with E-state index in [9.17, 15) is 0 Å². The maximum atomic E-state index is 6.62. The van der Waals surface area contributed by atoms with E-state index in [1.54, 1.807) is 26.0 Å². The van der Waals surface area contributed by atoms with Crippen molar-refractivity contribution in [3.63, 3.8) is 0 Å². The highest BCUT2D eigenvalue weighted by atomic mass is 32.2. The van der Waals surface area contributed by atoms with Crippen LogP contribution in [0.2, 0.25) is 0 Å². The van der Waals surface area contributed by atoms with Gasteiger partial charge in [-0.15, -0.1) is 0 Å². The molecule has 338 valence electrons. The number of hydrogen-bond donors (Lipinski definition) is 3. The van der Waals surface area contributed by atoms with Crippen LogP contribution in [0.3, 0.4) is 0 Å². The van der Waals surface area contributed by atoms with Crippen LogP contribution in [-0.4, -0.2) is 20.8 Å². The molecule has 7 heteroatoms. The number of hydrogen-bond acceptors (Lipinski definition) is 7. The molecule has 0 amide bonds. The van der Waals surface area contributed by atoms with Gasteiger partial charge in [0, 0.05) is 38.1 Å². The van der Waals surface area contributed by atoms with Gasteiger partial charge in [0.25, 0.3) is 0 Å². The summed E-state index contributed by atoms with van der Waals surface area (Å²) < 4.78 is 17.4. The molecular weight excluding hydrogens is 795 g/mol. The number of ether oxygens (including phenoxy) is 3. The molecule has 1 heterocycles. The van der Waals surface area contributed by atoms with Crippen LogP contribution >= 0.6 is 11.8 Å². The van der Waals surface area contributed by atoms with E-state index in [0.717, 1.165) is 78.9 Å². The molecule has 1 unspecified atom stereocenters. The summed E-state index contributed by atoms with van der Waals surface area (Å²) in [5.41, 5.74) is 8.56. The van der Waals surface area contributed by atoms with Gasteiger partial charge in [-0.1, -0.05) is 153 Å². The lowest BCUT2D eigenvalue weighted by atomic mass is 9.94. The van der Waals surface area contributed by atoms with Crippen molar-refractivity contribution in [2.45, 2.75) is 152 Å². The first kappa shape index (κ1) is 47.7. The van der Waals surface area contributed by atoms with E-state index in [1.807, 2.05) is 36.4 Å². The Hall–Kier alpha value is -4.75. The molecule has 3 N–H and O–H groups in total. The Bertz CT molecular complexity index is 2050.